The molecule has 0 unspecified atom stereocenters. The number of carboxylic acid groups (broad SMARTS) is 1. The summed E-state index contributed by atoms with van der Waals surface area (Å²) in [6.07, 6.45) is 4.82. The molecule has 2 rings (SSSR count). The van der Waals surface area contributed by atoms with Gasteiger partial charge in [0.2, 0.25) is 5.88 Å². The van der Waals surface area contributed by atoms with E-state index in [0.29, 0.717) is 11.6 Å². The van der Waals surface area contributed by atoms with Crippen molar-refractivity contribution in [1.82, 2.24) is 9.97 Å². The smallest absolute Gasteiger partial charge is 0.312 e. The molecule has 0 aliphatic carbocycles. The number of rotatable bonds is 9. The van der Waals surface area contributed by atoms with Crippen LogP contribution >= 0.6 is 0 Å². The summed E-state index contributed by atoms with van der Waals surface area (Å²) in [6.45, 7) is 9.09. The Hall–Kier alpha value is -3.49. The first kappa shape index (κ1) is 24.8. The molecule has 2 aromatic rings. The molecule has 9 heteroatoms. The molecule has 2 aromatic heterocycles. The molecular weight excluding hydrogens is 410 g/mol. The summed E-state index contributed by atoms with van der Waals surface area (Å²) in [5, 5.41) is 17.1. The first-order valence-corrected chi connectivity index (χ1v) is 10.5. The lowest BCUT2D eigenvalue weighted by Gasteiger charge is -2.19. The summed E-state index contributed by atoms with van der Waals surface area (Å²) in [5.41, 5.74) is 7.99. The number of carboxylic acids is 1. The minimum absolute atomic E-state index is 0.0129. The van der Waals surface area contributed by atoms with Gasteiger partial charge in [0.05, 0.1) is 5.41 Å². The van der Waals surface area contributed by atoms with Crippen molar-refractivity contribution in [2.45, 2.75) is 53.6 Å². The molecule has 2 heterocycles. The quantitative estimate of drug-likeness (QED) is 0.397. The fourth-order valence-electron chi connectivity index (χ4n) is 2.74. The Morgan fingerprint density at radius 2 is 1.94 bits per heavy atom. The number of nitrogens with one attached hydrogen (secondary N) is 1. The van der Waals surface area contributed by atoms with Crippen LogP contribution in [0, 0.1) is 17.7 Å². The fourth-order valence-corrected chi connectivity index (χ4v) is 2.74. The van der Waals surface area contributed by atoms with Crippen molar-refractivity contribution in [3.63, 3.8) is 0 Å². The zero-order chi connectivity index (χ0) is 23.9. The van der Waals surface area contributed by atoms with Gasteiger partial charge in [-0.05, 0) is 45.2 Å². The summed E-state index contributed by atoms with van der Waals surface area (Å²) in [6, 6.07) is 5.09. The predicted octanol–water partition coefficient (Wildman–Crippen LogP) is 3.79. The summed E-state index contributed by atoms with van der Waals surface area (Å²) in [7, 11) is 0. The van der Waals surface area contributed by atoms with Crippen molar-refractivity contribution in [2.24, 2.45) is 16.1 Å². The van der Waals surface area contributed by atoms with Gasteiger partial charge in [0.15, 0.2) is 5.84 Å². The van der Waals surface area contributed by atoms with E-state index < -0.39 is 11.4 Å². The van der Waals surface area contributed by atoms with Gasteiger partial charge in [-0.3, -0.25) is 9.78 Å². The molecule has 0 radical (unpaired) electrons. The molecule has 0 aromatic carbocycles. The van der Waals surface area contributed by atoms with E-state index in [1.807, 2.05) is 26.8 Å². The summed E-state index contributed by atoms with van der Waals surface area (Å²) >= 11 is 0. The Labute approximate surface area is 188 Å². The largest absolute Gasteiger partial charge is 0.481 e. The van der Waals surface area contributed by atoms with Gasteiger partial charge in [-0.2, -0.15) is 4.99 Å². The highest BCUT2D eigenvalue weighted by atomic mass is 16.5. The number of aromatic nitrogens is 2. The maximum absolute atomic E-state index is 11.2. The number of aryl methyl sites for hydroxylation is 1. The number of hydrogen-bond acceptors (Lipinski definition) is 6. The van der Waals surface area contributed by atoms with E-state index in [1.165, 1.54) is 0 Å². The van der Waals surface area contributed by atoms with Crippen LogP contribution in [0.3, 0.4) is 0 Å². The van der Waals surface area contributed by atoms with Crippen LogP contribution in [0.1, 0.15) is 51.8 Å². The summed E-state index contributed by atoms with van der Waals surface area (Å²) in [5.74, 6) is -0.471. The highest BCUT2D eigenvalue weighted by Gasteiger charge is 2.28. The number of ether oxygens (including phenoxy) is 2. The highest BCUT2D eigenvalue weighted by Crippen LogP contribution is 2.25. The van der Waals surface area contributed by atoms with E-state index in [4.69, 9.17) is 20.6 Å². The van der Waals surface area contributed by atoms with E-state index in [-0.39, 0.29) is 24.6 Å². The molecule has 0 fully saturated rings. The topological polar surface area (TPSA) is 144 Å². The second-order valence-electron chi connectivity index (χ2n) is 8.11. The van der Waals surface area contributed by atoms with Gasteiger partial charge in [-0.15, -0.1) is 0 Å². The predicted molar refractivity (Wildman–Crippen MR) is 123 cm³/mol. The average molecular weight is 442 g/mol. The Kier molecular flexibility index (Phi) is 8.28. The Morgan fingerprint density at radius 1 is 1.25 bits per heavy atom. The minimum Gasteiger partial charge on any atom is -0.481 e. The van der Waals surface area contributed by atoms with E-state index in [0.717, 1.165) is 29.5 Å². The van der Waals surface area contributed by atoms with Crippen molar-refractivity contribution < 1.29 is 19.4 Å². The molecule has 32 heavy (non-hydrogen) atoms. The molecule has 0 atom stereocenters. The Bertz CT molecular complexity index is 982. The van der Waals surface area contributed by atoms with E-state index in [2.05, 4.69) is 15.0 Å². The standard InChI is InChI=1S/C23H31N5O4/c1-6-16(7-2)32-22(25)28-20(24)18-9-8-15(11-26-18)17-12-27-19(10-14(17)3)31-13-23(4,5)21(29)30/h8-12,16H,6-7,13H2,1-5H3,(H,29,30)(H3,24,25,28). The number of hydrogen-bond donors (Lipinski definition) is 3. The number of carbonyl (C=O) groups is 1. The second-order valence-corrected chi connectivity index (χ2v) is 8.11. The van der Waals surface area contributed by atoms with Crippen LogP contribution in [0.15, 0.2) is 35.6 Å². The van der Waals surface area contributed by atoms with Gasteiger partial charge in [0.25, 0.3) is 0 Å². The SMILES string of the molecule is CCC(CC)OC(=N)/N=C(\N)c1ccc(-c2cnc(OCC(C)(C)C(=O)O)cc2C)cn1. The fraction of sp³-hybridized carbons (Fsp3) is 0.435. The lowest BCUT2D eigenvalue weighted by Crippen LogP contribution is -2.30. The lowest BCUT2D eigenvalue weighted by atomic mass is 9.95. The monoisotopic (exact) mass is 441 g/mol. The average Bonchev–Trinajstić information content (AvgIpc) is 2.76. The maximum Gasteiger partial charge on any atom is 0.312 e. The normalized spacial score (nSPS) is 12.0. The van der Waals surface area contributed by atoms with Crippen molar-refractivity contribution in [3.8, 4) is 17.0 Å². The van der Waals surface area contributed by atoms with E-state index in [1.54, 1.807) is 38.4 Å². The first-order valence-electron chi connectivity index (χ1n) is 10.5. The molecule has 0 saturated heterocycles. The van der Waals surface area contributed by atoms with Crippen LogP contribution in [-0.4, -0.2) is 45.6 Å². The Balaban J connectivity index is 2.11. The van der Waals surface area contributed by atoms with E-state index >= 15 is 0 Å². The molecule has 172 valence electrons. The molecule has 0 saturated carbocycles. The number of nitrogens with two attached hydrogens (primary N) is 1. The molecule has 4 N–H and O–H groups in total. The summed E-state index contributed by atoms with van der Waals surface area (Å²) in [4.78, 5) is 23.8. The van der Waals surface area contributed by atoms with Crippen molar-refractivity contribution in [2.75, 3.05) is 6.61 Å². The van der Waals surface area contributed by atoms with Crippen molar-refractivity contribution >= 4 is 17.8 Å². The highest BCUT2D eigenvalue weighted by molar-refractivity contribution is 6.01. The van der Waals surface area contributed by atoms with Crippen molar-refractivity contribution in [3.05, 3.63) is 41.9 Å². The van der Waals surface area contributed by atoms with Crippen LogP contribution in [0.2, 0.25) is 0 Å². The molecule has 0 amide bonds. The van der Waals surface area contributed by atoms with Gasteiger partial charge >= 0.3 is 12.0 Å². The molecule has 0 bridgehead atoms. The molecule has 9 nitrogen and oxygen atoms in total. The third-order valence-electron chi connectivity index (χ3n) is 4.99. The molecule has 0 aliphatic heterocycles. The number of aliphatic carboxylic acids is 1. The van der Waals surface area contributed by atoms with Gasteiger partial charge < -0.3 is 20.3 Å². The van der Waals surface area contributed by atoms with Crippen LogP contribution < -0.4 is 10.5 Å². The lowest BCUT2D eigenvalue weighted by molar-refractivity contribution is -0.148. The molecular formula is C23H31N5O4. The molecule has 0 aliphatic rings. The van der Waals surface area contributed by atoms with Crippen LogP contribution in [0.25, 0.3) is 11.1 Å². The summed E-state index contributed by atoms with van der Waals surface area (Å²) < 4.78 is 11.0. The maximum atomic E-state index is 11.2. The zero-order valence-corrected chi connectivity index (χ0v) is 19.2. The third kappa shape index (κ3) is 6.50. The van der Waals surface area contributed by atoms with Crippen molar-refractivity contribution in [1.29, 1.82) is 5.41 Å². The van der Waals surface area contributed by atoms with Gasteiger partial charge in [-0.25, -0.2) is 10.4 Å². The second kappa shape index (κ2) is 10.7. The molecule has 0 spiro atoms. The minimum atomic E-state index is -1.01. The third-order valence-corrected chi connectivity index (χ3v) is 4.99. The number of pyridine rings is 2. The Morgan fingerprint density at radius 3 is 2.47 bits per heavy atom. The van der Waals surface area contributed by atoms with Crippen LogP contribution in [-0.2, 0) is 9.53 Å². The van der Waals surface area contributed by atoms with Gasteiger partial charge in [0.1, 0.15) is 18.4 Å². The first-order chi connectivity index (χ1) is 15.1. The van der Waals surface area contributed by atoms with Crippen LogP contribution in [0.5, 0.6) is 5.88 Å². The van der Waals surface area contributed by atoms with Crippen LogP contribution in [0.4, 0.5) is 0 Å². The van der Waals surface area contributed by atoms with E-state index in [9.17, 15) is 9.90 Å². The van der Waals surface area contributed by atoms with Gasteiger partial charge in [0, 0.05) is 29.6 Å². The number of nitrogens with zero attached hydrogens (tertiary/aromatic N) is 3. The number of aliphatic imine (C=N–C) groups is 1. The number of amidine groups is 2. The zero-order valence-electron chi connectivity index (χ0n) is 19.2. The van der Waals surface area contributed by atoms with Gasteiger partial charge in [-0.1, -0.05) is 19.9 Å².